The fraction of sp³-hybridized carbons (Fsp3) is 0.815. The maximum absolute atomic E-state index is 12.8. The van der Waals surface area contributed by atoms with Gasteiger partial charge in [-0.05, 0) is 38.5 Å². The molecule has 0 saturated heterocycles. The molecule has 0 aromatic rings. The van der Waals surface area contributed by atoms with Crippen molar-refractivity contribution < 1.29 is 14.6 Å². The van der Waals surface area contributed by atoms with Gasteiger partial charge in [0.15, 0.2) is 0 Å². The molecule has 0 radical (unpaired) electrons. The minimum Gasteiger partial charge on any atom is -0.481 e. The summed E-state index contributed by atoms with van der Waals surface area (Å²) in [6.45, 7) is 7.28. The van der Waals surface area contributed by atoms with Gasteiger partial charge in [-0.15, -0.1) is 0 Å². The molecule has 3 nitrogen and oxygen atoms in total. The number of carbonyl (C=O) groups is 1. The van der Waals surface area contributed by atoms with Crippen molar-refractivity contribution in [3.8, 4) is 0 Å². The highest BCUT2D eigenvalue weighted by Gasteiger charge is 2.46. The normalized spacial score (nSPS) is 21.4. The number of aliphatic carboxylic acids is 1. The van der Waals surface area contributed by atoms with Crippen LogP contribution >= 0.6 is 0 Å². The second-order valence-corrected chi connectivity index (χ2v) is 9.20. The summed E-state index contributed by atoms with van der Waals surface area (Å²) in [6, 6.07) is 0. The molecule has 1 aliphatic rings. The third-order valence-corrected chi connectivity index (χ3v) is 6.72. The molecule has 0 fully saturated rings. The molecule has 2 atom stereocenters. The van der Waals surface area contributed by atoms with Crippen molar-refractivity contribution in [1.29, 1.82) is 0 Å². The maximum atomic E-state index is 12.8. The van der Waals surface area contributed by atoms with Crippen LogP contribution in [0.1, 0.15) is 117 Å². The van der Waals surface area contributed by atoms with E-state index in [-0.39, 0.29) is 5.92 Å². The summed E-state index contributed by atoms with van der Waals surface area (Å²) >= 11 is 0. The van der Waals surface area contributed by atoms with E-state index >= 15 is 0 Å². The average molecular weight is 421 g/mol. The molecule has 0 bridgehead atoms. The molecule has 0 heterocycles. The van der Waals surface area contributed by atoms with E-state index in [9.17, 15) is 9.90 Å². The zero-order valence-electron chi connectivity index (χ0n) is 20.3. The van der Waals surface area contributed by atoms with Crippen molar-refractivity contribution in [2.24, 2.45) is 11.3 Å². The van der Waals surface area contributed by atoms with Crippen molar-refractivity contribution >= 4 is 5.97 Å². The van der Waals surface area contributed by atoms with Crippen LogP contribution in [0.15, 0.2) is 23.3 Å². The first-order valence-electron chi connectivity index (χ1n) is 12.7. The van der Waals surface area contributed by atoms with E-state index < -0.39 is 11.4 Å². The van der Waals surface area contributed by atoms with E-state index in [1.165, 1.54) is 43.3 Å². The van der Waals surface area contributed by atoms with Crippen molar-refractivity contribution in [1.82, 2.24) is 0 Å². The van der Waals surface area contributed by atoms with Gasteiger partial charge >= 0.3 is 5.97 Å². The SMILES string of the molecule is CCCCCCCCCC1(C(=O)O)C=C(CCCC)C=C(CCCC)C1CCOC. The molecule has 0 saturated carbocycles. The zero-order chi connectivity index (χ0) is 22.2. The van der Waals surface area contributed by atoms with Gasteiger partial charge in [0.05, 0.1) is 5.41 Å². The molecule has 174 valence electrons. The Balaban J connectivity index is 3.04. The van der Waals surface area contributed by atoms with Crippen LogP contribution in [0.3, 0.4) is 0 Å². The van der Waals surface area contributed by atoms with E-state index in [2.05, 4.69) is 32.9 Å². The Labute approximate surface area is 186 Å². The third-order valence-electron chi connectivity index (χ3n) is 6.72. The zero-order valence-corrected chi connectivity index (χ0v) is 20.3. The van der Waals surface area contributed by atoms with Crippen LogP contribution in [-0.2, 0) is 9.53 Å². The highest BCUT2D eigenvalue weighted by Crippen LogP contribution is 2.48. The minimum atomic E-state index is -0.761. The molecular weight excluding hydrogens is 372 g/mol. The number of methoxy groups -OCH3 is 1. The molecule has 3 heteroatoms. The summed E-state index contributed by atoms with van der Waals surface area (Å²) < 4.78 is 5.40. The van der Waals surface area contributed by atoms with Crippen LogP contribution in [0.25, 0.3) is 0 Å². The highest BCUT2D eigenvalue weighted by molar-refractivity contribution is 5.79. The van der Waals surface area contributed by atoms with Crippen LogP contribution in [0.4, 0.5) is 0 Å². The fourth-order valence-electron chi connectivity index (χ4n) is 4.91. The summed E-state index contributed by atoms with van der Waals surface area (Å²) in [5, 5.41) is 10.5. The minimum absolute atomic E-state index is 0.0620. The summed E-state index contributed by atoms with van der Waals surface area (Å²) in [5.41, 5.74) is 1.85. The summed E-state index contributed by atoms with van der Waals surface area (Å²) in [6.07, 6.45) is 21.1. The summed E-state index contributed by atoms with van der Waals surface area (Å²) in [5.74, 6) is -0.572. The standard InChI is InChI=1S/C27H48O3/c1-5-8-11-12-13-14-15-19-27(26(28)29)22-23(16-9-6-2)21-24(17-10-7-3)25(27)18-20-30-4/h21-22,25H,5-20H2,1-4H3,(H,28,29). The molecule has 0 aromatic heterocycles. The number of hydrogen-bond donors (Lipinski definition) is 1. The number of rotatable bonds is 18. The van der Waals surface area contributed by atoms with Gasteiger partial charge < -0.3 is 9.84 Å². The Hall–Kier alpha value is -1.09. The van der Waals surface area contributed by atoms with Crippen molar-refractivity contribution in [2.75, 3.05) is 13.7 Å². The maximum Gasteiger partial charge on any atom is 0.314 e. The number of carboxylic acids is 1. The van der Waals surface area contributed by atoms with Crippen LogP contribution in [0.2, 0.25) is 0 Å². The van der Waals surface area contributed by atoms with Crippen LogP contribution in [0, 0.1) is 11.3 Å². The molecule has 0 aliphatic heterocycles. The van der Waals surface area contributed by atoms with Gasteiger partial charge in [0.1, 0.15) is 0 Å². The molecule has 1 aliphatic carbocycles. The van der Waals surface area contributed by atoms with Crippen molar-refractivity contribution in [2.45, 2.75) is 117 Å². The largest absolute Gasteiger partial charge is 0.481 e. The Kier molecular flexibility index (Phi) is 14.1. The summed E-state index contributed by atoms with van der Waals surface area (Å²) in [7, 11) is 1.72. The van der Waals surface area contributed by atoms with Gasteiger partial charge in [0.25, 0.3) is 0 Å². The van der Waals surface area contributed by atoms with Crippen LogP contribution in [0.5, 0.6) is 0 Å². The Morgan fingerprint density at radius 3 is 2.13 bits per heavy atom. The lowest BCUT2D eigenvalue weighted by molar-refractivity contribution is -0.149. The molecule has 2 unspecified atom stereocenters. The number of hydrogen-bond acceptors (Lipinski definition) is 2. The van der Waals surface area contributed by atoms with E-state index in [4.69, 9.17) is 4.74 Å². The number of unbranched alkanes of at least 4 members (excludes halogenated alkanes) is 8. The van der Waals surface area contributed by atoms with Crippen LogP contribution < -0.4 is 0 Å². The third kappa shape index (κ3) is 8.57. The monoisotopic (exact) mass is 420 g/mol. The quantitative estimate of drug-likeness (QED) is 0.228. The van der Waals surface area contributed by atoms with Crippen LogP contribution in [-0.4, -0.2) is 24.8 Å². The molecule has 0 amide bonds. The van der Waals surface area contributed by atoms with Gasteiger partial charge in [-0.25, -0.2) is 0 Å². The van der Waals surface area contributed by atoms with Crippen molar-refractivity contribution in [3.05, 3.63) is 23.3 Å². The predicted octanol–water partition coefficient (Wildman–Crippen LogP) is 8.10. The van der Waals surface area contributed by atoms with E-state index in [1.54, 1.807) is 7.11 Å². The molecule has 0 aromatic carbocycles. The Morgan fingerprint density at radius 1 is 0.933 bits per heavy atom. The highest BCUT2D eigenvalue weighted by atomic mass is 16.5. The second kappa shape index (κ2) is 15.7. The van der Waals surface area contributed by atoms with Gasteiger partial charge in [-0.2, -0.15) is 0 Å². The number of carboxylic acid groups (broad SMARTS) is 1. The molecule has 1 rings (SSSR count). The van der Waals surface area contributed by atoms with Gasteiger partial charge in [-0.3, -0.25) is 4.79 Å². The van der Waals surface area contributed by atoms with E-state index in [0.717, 1.165) is 64.2 Å². The number of allylic oxidation sites excluding steroid dienone is 3. The van der Waals surface area contributed by atoms with Crippen molar-refractivity contribution in [3.63, 3.8) is 0 Å². The lowest BCUT2D eigenvalue weighted by Gasteiger charge is -2.40. The summed E-state index contributed by atoms with van der Waals surface area (Å²) in [4.78, 5) is 12.8. The first-order chi connectivity index (χ1) is 14.6. The second-order valence-electron chi connectivity index (χ2n) is 9.20. The smallest absolute Gasteiger partial charge is 0.314 e. The van der Waals surface area contributed by atoms with Gasteiger partial charge in [0.2, 0.25) is 0 Å². The predicted molar refractivity (Wildman–Crippen MR) is 128 cm³/mol. The van der Waals surface area contributed by atoms with Gasteiger partial charge in [0, 0.05) is 19.6 Å². The molecule has 0 spiro atoms. The first-order valence-corrected chi connectivity index (χ1v) is 12.7. The first kappa shape index (κ1) is 26.9. The average Bonchev–Trinajstić information content (AvgIpc) is 2.74. The molecule has 1 N–H and O–H groups in total. The lowest BCUT2D eigenvalue weighted by atomic mass is 9.63. The topological polar surface area (TPSA) is 46.5 Å². The molecule has 30 heavy (non-hydrogen) atoms. The Bertz CT molecular complexity index is 534. The number of ether oxygens (including phenoxy) is 1. The molecular formula is C27H48O3. The Morgan fingerprint density at radius 2 is 1.53 bits per heavy atom. The fourth-order valence-corrected chi connectivity index (χ4v) is 4.91. The van der Waals surface area contributed by atoms with Gasteiger partial charge in [-0.1, -0.05) is 102 Å². The van der Waals surface area contributed by atoms with E-state index in [0.29, 0.717) is 6.61 Å². The lowest BCUT2D eigenvalue weighted by Crippen LogP contribution is -2.41. The van der Waals surface area contributed by atoms with E-state index in [1.807, 2.05) is 0 Å².